The summed E-state index contributed by atoms with van der Waals surface area (Å²) in [5.41, 5.74) is 2.04. The summed E-state index contributed by atoms with van der Waals surface area (Å²) in [6.45, 7) is 1.54. The van der Waals surface area contributed by atoms with Gasteiger partial charge in [0.15, 0.2) is 0 Å². The molecule has 1 atom stereocenters. The number of ether oxygens (including phenoxy) is 2. The van der Waals surface area contributed by atoms with Gasteiger partial charge in [-0.25, -0.2) is 4.79 Å². The lowest BCUT2D eigenvalue weighted by Crippen LogP contribution is -2.44. The Hall–Kier alpha value is -3.39. The number of amides is 3. The Bertz CT molecular complexity index is 919. The van der Waals surface area contributed by atoms with Gasteiger partial charge in [0.1, 0.15) is 6.61 Å². The Morgan fingerprint density at radius 1 is 1.00 bits per heavy atom. The molecule has 1 heterocycles. The summed E-state index contributed by atoms with van der Waals surface area (Å²) >= 11 is 0. The first-order chi connectivity index (χ1) is 15.5. The minimum absolute atomic E-state index is 0.0342. The van der Waals surface area contributed by atoms with E-state index in [-0.39, 0.29) is 24.3 Å². The van der Waals surface area contributed by atoms with Crippen LogP contribution >= 0.6 is 0 Å². The summed E-state index contributed by atoms with van der Waals surface area (Å²) in [5, 5.41) is 5.52. The number of hydrogen-bond acceptors (Lipinski definition) is 5. The van der Waals surface area contributed by atoms with Crippen LogP contribution in [0.5, 0.6) is 0 Å². The van der Waals surface area contributed by atoms with Crippen molar-refractivity contribution in [1.29, 1.82) is 0 Å². The Balaban J connectivity index is 1.52. The highest BCUT2D eigenvalue weighted by atomic mass is 16.6. The van der Waals surface area contributed by atoms with Crippen LogP contribution < -0.4 is 10.6 Å². The zero-order valence-electron chi connectivity index (χ0n) is 18.2. The summed E-state index contributed by atoms with van der Waals surface area (Å²) in [6.07, 6.45) is 1.26. The van der Waals surface area contributed by atoms with Crippen LogP contribution in [0.1, 0.15) is 18.4 Å². The van der Waals surface area contributed by atoms with Crippen molar-refractivity contribution in [3.05, 3.63) is 60.2 Å². The van der Waals surface area contributed by atoms with Crippen molar-refractivity contribution in [1.82, 2.24) is 4.90 Å². The van der Waals surface area contributed by atoms with Crippen LogP contribution in [-0.2, 0) is 25.5 Å². The van der Waals surface area contributed by atoms with E-state index in [1.807, 2.05) is 30.3 Å². The summed E-state index contributed by atoms with van der Waals surface area (Å²) in [4.78, 5) is 39.1. The molecule has 0 radical (unpaired) electrons. The molecule has 0 bridgehead atoms. The highest BCUT2D eigenvalue weighted by Crippen LogP contribution is 2.21. The van der Waals surface area contributed by atoms with E-state index in [1.54, 1.807) is 29.2 Å². The van der Waals surface area contributed by atoms with Gasteiger partial charge in [0, 0.05) is 31.6 Å². The van der Waals surface area contributed by atoms with Gasteiger partial charge >= 0.3 is 6.09 Å². The summed E-state index contributed by atoms with van der Waals surface area (Å²) in [6, 6.07) is 16.5. The Morgan fingerprint density at radius 2 is 1.75 bits per heavy atom. The molecule has 1 unspecified atom stereocenters. The molecule has 2 aromatic rings. The normalized spacial score (nSPS) is 15.7. The van der Waals surface area contributed by atoms with Crippen molar-refractivity contribution in [2.75, 3.05) is 44.0 Å². The lowest BCUT2D eigenvalue weighted by Gasteiger charge is -2.32. The zero-order chi connectivity index (χ0) is 22.8. The molecule has 3 amide bonds. The number of carbonyl (C=O) groups is 3. The first-order valence-electron chi connectivity index (χ1n) is 10.7. The SMILES string of the molecule is COCCOC(=O)Nc1cccc(NC(=O)C2CCCN(C(=O)Cc3ccccc3)C2)c1. The van der Waals surface area contributed by atoms with Crippen LogP contribution in [-0.4, -0.2) is 56.2 Å². The monoisotopic (exact) mass is 439 g/mol. The second-order valence-electron chi connectivity index (χ2n) is 7.67. The van der Waals surface area contributed by atoms with Crippen molar-refractivity contribution in [2.24, 2.45) is 5.92 Å². The summed E-state index contributed by atoms with van der Waals surface area (Å²) < 4.78 is 9.82. The predicted octanol–water partition coefficient (Wildman–Crippen LogP) is 3.30. The molecule has 0 aromatic heterocycles. The average Bonchev–Trinajstić information content (AvgIpc) is 2.80. The Kier molecular flexibility index (Phi) is 8.62. The number of anilines is 2. The molecular formula is C24H29N3O5. The molecule has 1 aliphatic heterocycles. The van der Waals surface area contributed by atoms with Crippen molar-refractivity contribution >= 4 is 29.3 Å². The van der Waals surface area contributed by atoms with E-state index in [2.05, 4.69) is 10.6 Å². The number of likely N-dealkylation sites (tertiary alicyclic amines) is 1. The van der Waals surface area contributed by atoms with Gasteiger partial charge < -0.3 is 19.7 Å². The number of piperidine rings is 1. The zero-order valence-corrected chi connectivity index (χ0v) is 18.2. The predicted molar refractivity (Wildman–Crippen MR) is 121 cm³/mol. The number of carbonyl (C=O) groups excluding carboxylic acids is 3. The first kappa shape index (κ1) is 23.3. The van der Waals surface area contributed by atoms with Gasteiger partial charge in [-0.05, 0) is 36.6 Å². The van der Waals surface area contributed by atoms with Gasteiger partial charge in [0.25, 0.3) is 0 Å². The molecule has 32 heavy (non-hydrogen) atoms. The van der Waals surface area contributed by atoms with E-state index in [9.17, 15) is 14.4 Å². The Labute approximate surface area is 187 Å². The third kappa shape index (κ3) is 7.09. The van der Waals surface area contributed by atoms with E-state index in [1.165, 1.54) is 7.11 Å². The lowest BCUT2D eigenvalue weighted by molar-refractivity contribution is -0.133. The number of nitrogens with zero attached hydrogens (tertiary/aromatic N) is 1. The van der Waals surface area contributed by atoms with Gasteiger partial charge in [-0.1, -0.05) is 36.4 Å². The van der Waals surface area contributed by atoms with Crippen LogP contribution in [0.15, 0.2) is 54.6 Å². The fourth-order valence-corrected chi connectivity index (χ4v) is 3.59. The third-order valence-electron chi connectivity index (χ3n) is 5.24. The highest BCUT2D eigenvalue weighted by Gasteiger charge is 2.28. The van der Waals surface area contributed by atoms with Gasteiger partial charge in [-0.15, -0.1) is 0 Å². The molecule has 0 spiro atoms. The van der Waals surface area contributed by atoms with E-state index in [0.29, 0.717) is 37.5 Å². The van der Waals surface area contributed by atoms with Crippen molar-refractivity contribution in [2.45, 2.75) is 19.3 Å². The molecule has 170 valence electrons. The quantitative estimate of drug-likeness (QED) is 0.615. The number of nitrogens with one attached hydrogen (secondary N) is 2. The molecule has 8 heteroatoms. The second kappa shape index (κ2) is 11.9. The first-order valence-corrected chi connectivity index (χ1v) is 10.7. The molecule has 8 nitrogen and oxygen atoms in total. The smallest absolute Gasteiger partial charge is 0.411 e. The molecule has 2 N–H and O–H groups in total. The topological polar surface area (TPSA) is 97.0 Å². The molecule has 1 aliphatic rings. The number of methoxy groups -OCH3 is 1. The maximum absolute atomic E-state index is 12.8. The van der Waals surface area contributed by atoms with Crippen LogP contribution in [0.3, 0.4) is 0 Å². The van der Waals surface area contributed by atoms with Gasteiger partial charge in [0.2, 0.25) is 11.8 Å². The maximum Gasteiger partial charge on any atom is 0.411 e. The van der Waals surface area contributed by atoms with Crippen LogP contribution in [0.4, 0.5) is 16.2 Å². The van der Waals surface area contributed by atoms with Crippen molar-refractivity contribution in [3.63, 3.8) is 0 Å². The lowest BCUT2D eigenvalue weighted by atomic mass is 9.96. The van der Waals surface area contributed by atoms with Crippen molar-refractivity contribution in [3.8, 4) is 0 Å². The minimum atomic E-state index is -0.592. The summed E-state index contributed by atoms with van der Waals surface area (Å²) in [7, 11) is 1.53. The van der Waals surface area contributed by atoms with Crippen LogP contribution in [0, 0.1) is 5.92 Å². The molecule has 0 aliphatic carbocycles. The molecule has 0 saturated carbocycles. The largest absolute Gasteiger partial charge is 0.447 e. The second-order valence-corrected chi connectivity index (χ2v) is 7.67. The van der Waals surface area contributed by atoms with E-state index in [0.717, 1.165) is 18.4 Å². The molecule has 1 fully saturated rings. The fourth-order valence-electron chi connectivity index (χ4n) is 3.59. The van der Waals surface area contributed by atoms with E-state index >= 15 is 0 Å². The van der Waals surface area contributed by atoms with Crippen molar-refractivity contribution < 1.29 is 23.9 Å². The van der Waals surface area contributed by atoms with Gasteiger partial charge in [-0.2, -0.15) is 0 Å². The average molecular weight is 440 g/mol. The Morgan fingerprint density at radius 3 is 2.50 bits per heavy atom. The van der Waals surface area contributed by atoms with Crippen LogP contribution in [0.2, 0.25) is 0 Å². The van der Waals surface area contributed by atoms with Gasteiger partial charge in [-0.3, -0.25) is 14.9 Å². The highest BCUT2D eigenvalue weighted by molar-refractivity contribution is 5.94. The maximum atomic E-state index is 12.8. The standard InChI is InChI=1S/C24H29N3O5/c1-31-13-14-32-24(30)26-21-11-5-10-20(16-21)25-23(29)19-9-6-12-27(17-19)22(28)15-18-7-3-2-4-8-18/h2-5,7-8,10-11,16,19H,6,9,12-15,17H2,1H3,(H,25,29)(H,26,30). The molecule has 3 rings (SSSR count). The van der Waals surface area contributed by atoms with E-state index < -0.39 is 6.09 Å². The molecule has 2 aromatic carbocycles. The number of rotatable bonds is 8. The number of benzene rings is 2. The third-order valence-corrected chi connectivity index (χ3v) is 5.24. The molecule has 1 saturated heterocycles. The minimum Gasteiger partial charge on any atom is -0.447 e. The van der Waals surface area contributed by atoms with E-state index in [4.69, 9.17) is 9.47 Å². The van der Waals surface area contributed by atoms with Gasteiger partial charge in [0.05, 0.1) is 18.9 Å². The fraction of sp³-hybridized carbons (Fsp3) is 0.375. The number of hydrogen-bond donors (Lipinski definition) is 2. The summed E-state index contributed by atoms with van der Waals surface area (Å²) in [5.74, 6) is -0.381. The molecular weight excluding hydrogens is 410 g/mol. The van der Waals surface area contributed by atoms with Crippen LogP contribution in [0.25, 0.3) is 0 Å².